The zero-order chi connectivity index (χ0) is 20.9. The molecule has 2 amide bonds. The molecule has 1 aromatic carbocycles. The van der Waals surface area contributed by atoms with Crippen LogP contribution >= 0.6 is 0 Å². The van der Waals surface area contributed by atoms with Gasteiger partial charge in [0.2, 0.25) is 11.8 Å². The number of piperidine rings is 1. The van der Waals surface area contributed by atoms with Crippen LogP contribution in [-0.4, -0.2) is 90.6 Å². The predicted octanol–water partition coefficient (Wildman–Crippen LogP) is 1.50. The molecule has 0 radical (unpaired) electrons. The van der Waals surface area contributed by atoms with Crippen molar-refractivity contribution in [1.82, 2.24) is 14.7 Å². The van der Waals surface area contributed by atoms with Gasteiger partial charge in [-0.25, -0.2) is 0 Å². The molecule has 3 rings (SSSR count). The van der Waals surface area contributed by atoms with Gasteiger partial charge in [-0.15, -0.1) is 0 Å². The van der Waals surface area contributed by atoms with Gasteiger partial charge in [0.25, 0.3) is 0 Å². The fourth-order valence-electron chi connectivity index (χ4n) is 4.13. The minimum atomic E-state index is -0.330. The zero-order valence-corrected chi connectivity index (χ0v) is 17.6. The van der Waals surface area contributed by atoms with E-state index in [0.29, 0.717) is 45.6 Å². The molecule has 0 saturated carbocycles. The maximum absolute atomic E-state index is 12.8. The Morgan fingerprint density at radius 3 is 2.41 bits per heavy atom. The van der Waals surface area contributed by atoms with E-state index in [2.05, 4.69) is 4.90 Å². The zero-order valence-electron chi connectivity index (χ0n) is 17.6. The molecule has 7 nitrogen and oxygen atoms in total. The third-order valence-corrected chi connectivity index (χ3v) is 5.92. The predicted molar refractivity (Wildman–Crippen MR) is 111 cm³/mol. The molecule has 2 saturated heterocycles. The van der Waals surface area contributed by atoms with Crippen molar-refractivity contribution in [2.45, 2.75) is 37.7 Å². The topological polar surface area (TPSA) is 73.3 Å². The molecule has 1 aromatic rings. The fraction of sp³-hybridized carbons (Fsp3) is 0.636. The Balaban J connectivity index is 1.49. The minimum Gasteiger partial charge on any atom is -0.508 e. The van der Waals surface area contributed by atoms with Gasteiger partial charge >= 0.3 is 0 Å². The SMILES string of the molecule is CN(C)CCCC(=O)N1CCC2(CC1)CN(C(=O)Cc1ccc(O)cc1)CCO2. The van der Waals surface area contributed by atoms with Crippen LogP contribution in [0.25, 0.3) is 0 Å². The molecule has 2 heterocycles. The molecule has 0 aliphatic carbocycles. The first-order valence-electron chi connectivity index (χ1n) is 10.5. The van der Waals surface area contributed by atoms with E-state index in [1.165, 1.54) is 0 Å². The van der Waals surface area contributed by atoms with Crippen LogP contribution in [0.4, 0.5) is 0 Å². The van der Waals surface area contributed by atoms with Gasteiger partial charge < -0.3 is 24.5 Å². The Labute approximate surface area is 173 Å². The number of nitrogens with zero attached hydrogens (tertiary/aromatic N) is 3. The van der Waals surface area contributed by atoms with Crippen LogP contribution < -0.4 is 0 Å². The van der Waals surface area contributed by atoms with E-state index in [-0.39, 0.29) is 23.2 Å². The lowest BCUT2D eigenvalue weighted by Gasteiger charge is -2.47. The molecule has 1 spiro atoms. The van der Waals surface area contributed by atoms with E-state index >= 15 is 0 Å². The number of amides is 2. The number of phenolic OH excluding ortho intramolecular Hbond substituents is 1. The second-order valence-corrected chi connectivity index (χ2v) is 8.48. The van der Waals surface area contributed by atoms with Crippen LogP contribution in [0.2, 0.25) is 0 Å². The van der Waals surface area contributed by atoms with Gasteiger partial charge in [-0.2, -0.15) is 0 Å². The van der Waals surface area contributed by atoms with Crippen LogP contribution in [-0.2, 0) is 20.7 Å². The normalized spacial score (nSPS) is 19.0. The summed E-state index contributed by atoms with van der Waals surface area (Å²) in [5.41, 5.74) is 0.565. The summed E-state index contributed by atoms with van der Waals surface area (Å²) in [5.74, 6) is 0.507. The Morgan fingerprint density at radius 2 is 1.76 bits per heavy atom. The highest BCUT2D eigenvalue weighted by molar-refractivity contribution is 5.79. The number of carbonyl (C=O) groups excluding carboxylic acids is 2. The van der Waals surface area contributed by atoms with Gasteiger partial charge in [0.1, 0.15) is 5.75 Å². The van der Waals surface area contributed by atoms with E-state index in [1.807, 2.05) is 23.9 Å². The van der Waals surface area contributed by atoms with E-state index in [1.54, 1.807) is 24.3 Å². The van der Waals surface area contributed by atoms with Gasteiger partial charge in [-0.05, 0) is 57.6 Å². The Bertz CT molecular complexity index is 697. The molecule has 0 bridgehead atoms. The molecular formula is C22H33N3O4. The summed E-state index contributed by atoms with van der Waals surface area (Å²) in [7, 11) is 4.04. The molecule has 0 atom stereocenters. The van der Waals surface area contributed by atoms with Crippen LogP contribution in [0.15, 0.2) is 24.3 Å². The second-order valence-electron chi connectivity index (χ2n) is 8.48. The molecule has 0 aromatic heterocycles. The van der Waals surface area contributed by atoms with E-state index in [0.717, 1.165) is 31.4 Å². The first-order valence-corrected chi connectivity index (χ1v) is 10.5. The molecular weight excluding hydrogens is 370 g/mol. The van der Waals surface area contributed by atoms with Crippen LogP contribution in [0, 0.1) is 0 Å². The first-order chi connectivity index (χ1) is 13.9. The molecule has 2 fully saturated rings. The molecule has 160 valence electrons. The maximum Gasteiger partial charge on any atom is 0.227 e. The summed E-state index contributed by atoms with van der Waals surface area (Å²) < 4.78 is 6.12. The van der Waals surface area contributed by atoms with Crippen LogP contribution in [0.5, 0.6) is 5.75 Å². The number of morpholine rings is 1. The standard InChI is InChI=1S/C22H33N3O4/c1-23(2)11-3-4-20(27)24-12-9-22(10-13-24)17-25(14-15-29-22)21(28)16-18-5-7-19(26)8-6-18/h5-8,26H,3-4,9-17H2,1-2H3. The third-order valence-electron chi connectivity index (χ3n) is 5.92. The summed E-state index contributed by atoms with van der Waals surface area (Å²) in [5, 5.41) is 9.40. The average molecular weight is 404 g/mol. The van der Waals surface area contributed by atoms with Gasteiger partial charge in [-0.3, -0.25) is 9.59 Å². The molecule has 29 heavy (non-hydrogen) atoms. The van der Waals surface area contributed by atoms with E-state index in [9.17, 15) is 14.7 Å². The fourth-order valence-corrected chi connectivity index (χ4v) is 4.13. The summed E-state index contributed by atoms with van der Waals surface area (Å²) in [6, 6.07) is 6.77. The van der Waals surface area contributed by atoms with Crippen LogP contribution in [0.1, 0.15) is 31.2 Å². The van der Waals surface area contributed by atoms with E-state index in [4.69, 9.17) is 4.74 Å². The number of hydrogen-bond donors (Lipinski definition) is 1. The summed E-state index contributed by atoms with van der Waals surface area (Å²) in [6.07, 6.45) is 3.34. The quantitative estimate of drug-likeness (QED) is 0.779. The number of likely N-dealkylation sites (tertiary alicyclic amines) is 1. The van der Waals surface area contributed by atoms with Gasteiger partial charge in [-0.1, -0.05) is 12.1 Å². The number of rotatable bonds is 6. The third kappa shape index (κ3) is 5.93. The highest BCUT2D eigenvalue weighted by atomic mass is 16.5. The van der Waals surface area contributed by atoms with E-state index < -0.39 is 0 Å². The smallest absolute Gasteiger partial charge is 0.227 e. The van der Waals surface area contributed by atoms with Gasteiger partial charge in [0, 0.05) is 32.6 Å². The Kier molecular flexibility index (Phi) is 7.14. The summed E-state index contributed by atoms with van der Waals surface area (Å²) >= 11 is 0. The van der Waals surface area contributed by atoms with Crippen molar-refractivity contribution in [3.63, 3.8) is 0 Å². The van der Waals surface area contributed by atoms with Crippen molar-refractivity contribution < 1.29 is 19.4 Å². The van der Waals surface area contributed by atoms with Gasteiger partial charge in [0.15, 0.2) is 0 Å². The highest BCUT2D eigenvalue weighted by Crippen LogP contribution is 2.31. The molecule has 7 heteroatoms. The number of carbonyl (C=O) groups is 2. The number of ether oxygens (including phenoxy) is 1. The van der Waals surface area contributed by atoms with Crippen molar-refractivity contribution in [2.24, 2.45) is 0 Å². The number of phenols is 1. The number of hydrogen-bond acceptors (Lipinski definition) is 5. The monoisotopic (exact) mass is 403 g/mol. The molecule has 1 N–H and O–H groups in total. The lowest BCUT2D eigenvalue weighted by Crippen LogP contribution is -2.58. The Morgan fingerprint density at radius 1 is 1.07 bits per heavy atom. The highest BCUT2D eigenvalue weighted by Gasteiger charge is 2.41. The van der Waals surface area contributed by atoms with Crippen molar-refractivity contribution in [1.29, 1.82) is 0 Å². The first kappa shape index (κ1) is 21.6. The second kappa shape index (κ2) is 9.59. The largest absolute Gasteiger partial charge is 0.508 e. The van der Waals surface area contributed by atoms with Crippen molar-refractivity contribution >= 4 is 11.8 Å². The van der Waals surface area contributed by atoms with Crippen molar-refractivity contribution in [3.8, 4) is 5.75 Å². The summed E-state index contributed by atoms with van der Waals surface area (Å²) in [4.78, 5) is 31.1. The molecule has 2 aliphatic rings. The minimum absolute atomic E-state index is 0.0838. The van der Waals surface area contributed by atoms with Crippen molar-refractivity contribution in [3.05, 3.63) is 29.8 Å². The van der Waals surface area contributed by atoms with Gasteiger partial charge in [0.05, 0.1) is 18.6 Å². The van der Waals surface area contributed by atoms with Crippen molar-refractivity contribution in [2.75, 3.05) is 53.4 Å². The molecule has 0 unspecified atom stereocenters. The number of benzene rings is 1. The number of aromatic hydroxyl groups is 1. The Hall–Kier alpha value is -2.12. The summed E-state index contributed by atoms with van der Waals surface area (Å²) in [6.45, 7) is 4.04. The maximum atomic E-state index is 12.8. The lowest BCUT2D eigenvalue weighted by molar-refractivity contribution is -0.162. The van der Waals surface area contributed by atoms with Crippen LogP contribution in [0.3, 0.4) is 0 Å². The lowest BCUT2D eigenvalue weighted by atomic mass is 9.89. The average Bonchev–Trinajstić information content (AvgIpc) is 2.70. The molecule has 2 aliphatic heterocycles.